The van der Waals surface area contributed by atoms with Gasteiger partial charge >= 0.3 is 5.97 Å². The highest BCUT2D eigenvalue weighted by atomic mass is 79.9. The summed E-state index contributed by atoms with van der Waals surface area (Å²) in [5.74, 6) is -0.328. The Balaban J connectivity index is 2.38. The van der Waals surface area contributed by atoms with Gasteiger partial charge in [0.25, 0.3) is 0 Å². The van der Waals surface area contributed by atoms with Crippen LogP contribution in [0.4, 0.5) is 5.69 Å². The molecule has 0 heterocycles. The molecule has 0 saturated heterocycles. The summed E-state index contributed by atoms with van der Waals surface area (Å²) in [6.45, 7) is 4.53. The van der Waals surface area contributed by atoms with Gasteiger partial charge in [-0.1, -0.05) is 36.2 Å². The second-order valence-electron chi connectivity index (χ2n) is 5.88. The number of methoxy groups -OCH3 is 1. The number of benzene rings is 1. The van der Waals surface area contributed by atoms with Crippen LogP contribution >= 0.6 is 31.9 Å². The first-order valence-corrected chi connectivity index (χ1v) is 8.27. The van der Waals surface area contributed by atoms with Crippen molar-refractivity contribution < 1.29 is 9.53 Å². The van der Waals surface area contributed by atoms with E-state index in [1.165, 1.54) is 20.0 Å². The molecule has 1 aromatic rings. The molecule has 1 fully saturated rings. The van der Waals surface area contributed by atoms with Crippen LogP contribution in [0.1, 0.15) is 43.5 Å². The van der Waals surface area contributed by atoms with Crippen LogP contribution in [-0.4, -0.2) is 19.1 Å². The monoisotopic (exact) mass is 403 g/mol. The van der Waals surface area contributed by atoms with E-state index < -0.39 is 0 Å². The second-order valence-corrected chi connectivity index (χ2v) is 7.65. The Morgan fingerprint density at radius 1 is 1.40 bits per heavy atom. The third-order valence-electron chi connectivity index (χ3n) is 4.04. The lowest BCUT2D eigenvalue weighted by molar-refractivity contribution is 0.0601. The van der Waals surface area contributed by atoms with E-state index in [1.807, 2.05) is 6.07 Å². The smallest absolute Gasteiger partial charge is 0.340 e. The van der Waals surface area contributed by atoms with Crippen molar-refractivity contribution in [1.29, 1.82) is 0 Å². The zero-order valence-electron chi connectivity index (χ0n) is 11.9. The Bertz CT molecular complexity index is 529. The third kappa shape index (κ3) is 3.19. The Labute approximate surface area is 136 Å². The van der Waals surface area contributed by atoms with Crippen molar-refractivity contribution in [2.45, 2.75) is 39.2 Å². The largest absolute Gasteiger partial charge is 0.465 e. The fraction of sp³-hybridized carbons (Fsp3) is 0.533. The average molecular weight is 405 g/mol. The summed E-state index contributed by atoms with van der Waals surface area (Å²) in [5.41, 5.74) is 1.61. The summed E-state index contributed by atoms with van der Waals surface area (Å²) >= 11 is 6.95. The standard InChI is InChI=1S/C15H19Br2NO2/c1-15(2)6-4-5-12(15)18-13-10(14(19)20-3)7-9(16)8-11(13)17/h7-8,12,18H,4-6H2,1-3H3. The lowest BCUT2D eigenvalue weighted by atomic mass is 9.87. The van der Waals surface area contributed by atoms with Crippen LogP contribution in [0, 0.1) is 5.41 Å². The van der Waals surface area contributed by atoms with Crippen LogP contribution in [0.5, 0.6) is 0 Å². The Kier molecular flexibility index (Phi) is 4.80. The number of ether oxygens (including phenoxy) is 1. The number of rotatable bonds is 3. The van der Waals surface area contributed by atoms with Crippen LogP contribution in [0.3, 0.4) is 0 Å². The van der Waals surface area contributed by atoms with Crippen molar-refractivity contribution in [2.24, 2.45) is 5.41 Å². The normalized spacial score (nSPS) is 20.8. The zero-order chi connectivity index (χ0) is 14.9. The van der Waals surface area contributed by atoms with Crippen LogP contribution in [-0.2, 0) is 4.74 Å². The predicted octanol–water partition coefficient (Wildman–Crippen LogP) is 4.99. The molecule has 5 heteroatoms. The van der Waals surface area contributed by atoms with Gasteiger partial charge in [-0.3, -0.25) is 0 Å². The molecule has 1 unspecified atom stereocenters. The topological polar surface area (TPSA) is 38.3 Å². The molecule has 0 spiro atoms. The van der Waals surface area contributed by atoms with Gasteiger partial charge in [-0.2, -0.15) is 0 Å². The maximum Gasteiger partial charge on any atom is 0.340 e. The fourth-order valence-corrected chi connectivity index (χ4v) is 4.10. The van der Waals surface area contributed by atoms with Gasteiger partial charge in [-0.05, 0) is 46.3 Å². The third-order valence-corrected chi connectivity index (χ3v) is 5.12. The molecule has 1 aliphatic carbocycles. The van der Waals surface area contributed by atoms with Crippen molar-refractivity contribution in [3.8, 4) is 0 Å². The van der Waals surface area contributed by atoms with E-state index in [9.17, 15) is 4.79 Å². The van der Waals surface area contributed by atoms with Gasteiger partial charge in [0, 0.05) is 15.0 Å². The number of halogens is 2. The minimum absolute atomic E-state index is 0.236. The quantitative estimate of drug-likeness (QED) is 0.721. The van der Waals surface area contributed by atoms with E-state index in [2.05, 4.69) is 51.0 Å². The lowest BCUT2D eigenvalue weighted by Crippen LogP contribution is -2.31. The number of esters is 1. The molecule has 0 radical (unpaired) electrons. The van der Waals surface area contributed by atoms with Gasteiger partial charge in [0.05, 0.1) is 18.4 Å². The number of hydrogen-bond donors (Lipinski definition) is 1. The Morgan fingerprint density at radius 2 is 2.10 bits per heavy atom. The fourth-order valence-electron chi connectivity index (χ4n) is 2.76. The van der Waals surface area contributed by atoms with Gasteiger partial charge in [0.15, 0.2) is 0 Å². The molecule has 110 valence electrons. The van der Waals surface area contributed by atoms with Crippen LogP contribution in [0.25, 0.3) is 0 Å². The first-order valence-electron chi connectivity index (χ1n) is 6.69. The van der Waals surface area contributed by atoms with Gasteiger partial charge in [0.2, 0.25) is 0 Å². The summed E-state index contributed by atoms with van der Waals surface area (Å²) < 4.78 is 6.60. The van der Waals surface area contributed by atoms with Gasteiger partial charge < -0.3 is 10.1 Å². The second kappa shape index (κ2) is 6.06. The number of carbonyl (C=O) groups excluding carboxylic acids is 1. The average Bonchev–Trinajstić information content (AvgIpc) is 2.70. The molecule has 1 N–H and O–H groups in total. The highest BCUT2D eigenvalue weighted by Gasteiger charge is 2.35. The molecule has 1 atom stereocenters. The Hall–Kier alpha value is -0.550. The van der Waals surface area contributed by atoms with Crippen molar-refractivity contribution in [3.63, 3.8) is 0 Å². The molecule has 0 aliphatic heterocycles. The van der Waals surface area contributed by atoms with Gasteiger partial charge in [-0.15, -0.1) is 0 Å². The number of carbonyl (C=O) groups is 1. The van der Waals surface area contributed by atoms with E-state index in [0.29, 0.717) is 11.6 Å². The molecule has 0 bridgehead atoms. The van der Waals surface area contributed by atoms with Crippen molar-refractivity contribution in [3.05, 3.63) is 26.6 Å². The molecule has 3 nitrogen and oxygen atoms in total. The van der Waals surface area contributed by atoms with Crippen LogP contribution < -0.4 is 5.32 Å². The molecule has 2 rings (SSSR count). The molecular weight excluding hydrogens is 386 g/mol. The van der Waals surface area contributed by atoms with E-state index >= 15 is 0 Å². The minimum Gasteiger partial charge on any atom is -0.465 e. The van der Waals surface area contributed by atoms with Crippen LogP contribution in [0.2, 0.25) is 0 Å². The van der Waals surface area contributed by atoms with E-state index in [-0.39, 0.29) is 11.4 Å². The summed E-state index contributed by atoms with van der Waals surface area (Å²) in [6, 6.07) is 4.10. The van der Waals surface area contributed by atoms with Crippen LogP contribution in [0.15, 0.2) is 21.1 Å². The van der Waals surface area contributed by atoms with Crippen molar-refractivity contribution in [1.82, 2.24) is 0 Å². The summed E-state index contributed by atoms with van der Waals surface area (Å²) in [4.78, 5) is 12.0. The number of nitrogens with one attached hydrogen (secondary N) is 1. The maximum atomic E-state index is 12.0. The zero-order valence-corrected chi connectivity index (χ0v) is 15.1. The van der Waals surface area contributed by atoms with E-state index in [1.54, 1.807) is 6.07 Å². The van der Waals surface area contributed by atoms with Crippen molar-refractivity contribution in [2.75, 3.05) is 12.4 Å². The van der Waals surface area contributed by atoms with Gasteiger partial charge in [0.1, 0.15) is 0 Å². The highest BCUT2D eigenvalue weighted by Crippen LogP contribution is 2.41. The molecule has 20 heavy (non-hydrogen) atoms. The SMILES string of the molecule is COC(=O)c1cc(Br)cc(Br)c1NC1CCCC1(C)C. The van der Waals surface area contributed by atoms with E-state index in [4.69, 9.17) is 4.74 Å². The Morgan fingerprint density at radius 3 is 2.65 bits per heavy atom. The molecule has 0 amide bonds. The van der Waals surface area contributed by atoms with Gasteiger partial charge in [-0.25, -0.2) is 4.79 Å². The highest BCUT2D eigenvalue weighted by molar-refractivity contribution is 9.11. The lowest BCUT2D eigenvalue weighted by Gasteiger charge is -2.30. The molecular formula is C15H19Br2NO2. The number of anilines is 1. The first-order chi connectivity index (χ1) is 9.35. The summed E-state index contributed by atoms with van der Waals surface area (Å²) in [7, 11) is 1.40. The van der Waals surface area contributed by atoms with Crippen molar-refractivity contribution >= 4 is 43.5 Å². The molecule has 1 saturated carbocycles. The summed E-state index contributed by atoms with van der Waals surface area (Å²) in [6.07, 6.45) is 3.54. The maximum absolute atomic E-state index is 12.0. The molecule has 1 aliphatic rings. The van der Waals surface area contributed by atoms with E-state index in [0.717, 1.165) is 21.1 Å². The predicted molar refractivity (Wildman–Crippen MR) is 88.2 cm³/mol. The molecule has 0 aromatic heterocycles. The summed E-state index contributed by atoms with van der Waals surface area (Å²) in [5, 5.41) is 3.54. The minimum atomic E-state index is -0.328. The number of hydrogen-bond acceptors (Lipinski definition) is 3. The first kappa shape index (κ1) is 15.8. The molecule has 1 aromatic carbocycles.